The highest BCUT2D eigenvalue weighted by Gasteiger charge is 2.41. The molecule has 0 bridgehead atoms. The molecule has 0 aliphatic carbocycles. The fourth-order valence-corrected chi connectivity index (χ4v) is 6.24. The maximum absolute atomic E-state index is 12.8. The lowest BCUT2D eigenvalue weighted by atomic mass is 9.78. The Balaban J connectivity index is 3.19. The molecule has 2 N–H and O–H groups in total. The molecule has 0 saturated carbocycles. The fourth-order valence-electron chi connectivity index (χ4n) is 2.80. The summed E-state index contributed by atoms with van der Waals surface area (Å²) in [5.41, 5.74) is -1.15. The molecule has 0 saturated heterocycles. The van der Waals surface area contributed by atoms with Crippen LogP contribution in [0.25, 0.3) is 0 Å². The van der Waals surface area contributed by atoms with Crippen molar-refractivity contribution in [2.75, 3.05) is 0 Å². The van der Waals surface area contributed by atoms with Crippen LogP contribution in [0, 0.1) is 5.92 Å². The molecule has 0 unspecified atom stereocenters. The highest BCUT2D eigenvalue weighted by molar-refractivity contribution is 9.11. The Kier molecular flexibility index (Phi) is 9.04. The monoisotopic (exact) mass is 449 g/mol. The molecular formula is C18H28BrNO3S2. The molecule has 1 heterocycles. The zero-order valence-electron chi connectivity index (χ0n) is 14.9. The third-order valence-corrected chi connectivity index (χ3v) is 8.01. The molecule has 0 radical (unpaired) electrons. The Morgan fingerprint density at radius 2 is 1.88 bits per heavy atom. The van der Waals surface area contributed by atoms with Crippen molar-refractivity contribution in [2.45, 2.75) is 61.8 Å². The van der Waals surface area contributed by atoms with Gasteiger partial charge in [-0.3, -0.25) is 0 Å². The molecule has 1 rings (SSSR count). The van der Waals surface area contributed by atoms with Crippen LogP contribution in [-0.2, 0) is 10.0 Å². The number of allylic oxidation sites excluding steroid dienone is 2. The van der Waals surface area contributed by atoms with Crippen molar-refractivity contribution in [3.05, 3.63) is 41.2 Å². The van der Waals surface area contributed by atoms with E-state index in [1.807, 2.05) is 13.8 Å². The van der Waals surface area contributed by atoms with Crippen molar-refractivity contribution in [1.29, 1.82) is 0 Å². The molecule has 0 aliphatic heterocycles. The van der Waals surface area contributed by atoms with Crippen molar-refractivity contribution in [2.24, 2.45) is 5.92 Å². The summed E-state index contributed by atoms with van der Waals surface area (Å²) in [6.07, 6.45) is 6.40. The van der Waals surface area contributed by atoms with Crippen LogP contribution >= 0.6 is 27.3 Å². The van der Waals surface area contributed by atoms with Crippen LogP contribution in [0.4, 0.5) is 0 Å². The van der Waals surface area contributed by atoms with Crippen molar-refractivity contribution in [3.8, 4) is 0 Å². The van der Waals surface area contributed by atoms with E-state index in [-0.39, 0.29) is 10.1 Å². The number of aliphatic hydroxyl groups is 1. The van der Waals surface area contributed by atoms with E-state index in [1.54, 1.807) is 24.3 Å². The first kappa shape index (κ1) is 22.6. The lowest BCUT2D eigenvalue weighted by Crippen LogP contribution is -2.55. The number of thiophene rings is 1. The normalized spacial score (nSPS) is 14.9. The molecule has 25 heavy (non-hydrogen) atoms. The molecule has 0 aromatic carbocycles. The number of halogens is 1. The quantitative estimate of drug-likeness (QED) is 0.447. The van der Waals surface area contributed by atoms with Crippen LogP contribution in [0.3, 0.4) is 0 Å². The zero-order chi connectivity index (χ0) is 19.1. The number of nitrogens with one attached hydrogen (secondary N) is 1. The smallest absolute Gasteiger partial charge is 0.250 e. The van der Waals surface area contributed by atoms with Crippen LogP contribution < -0.4 is 4.72 Å². The molecular weight excluding hydrogens is 422 g/mol. The Bertz CT molecular complexity index is 658. The van der Waals surface area contributed by atoms with Gasteiger partial charge in [-0.05, 0) is 59.7 Å². The third-order valence-electron chi connectivity index (χ3n) is 4.45. The third kappa shape index (κ3) is 6.32. The number of sulfonamides is 1. The van der Waals surface area contributed by atoms with Gasteiger partial charge in [0.25, 0.3) is 0 Å². The minimum atomic E-state index is -3.70. The number of hydrogen-bond acceptors (Lipinski definition) is 4. The molecule has 0 spiro atoms. The van der Waals surface area contributed by atoms with Crippen LogP contribution in [-0.4, -0.2) is 25.2 Å². The Hall–Kier alpha value is -0.470. The van der Waals surface area contributed by atoms with Crippen LogP contribution in [0.2, 0.25) is 0 Å². The van der Waals surface area contributed by atoms with Gasteiger partial charge in [0.05, 0.1) is 15.4 Å². The molecule has 1 aromatic heterocycles. The minimum absolute atomic E-state index is 0.0159. The summed E-state index contributed by atoms with van der Waals surface area (Å²) in [4.78, 5) is 0. The zero-order valence-corrected chi connectivity index (χ0v) is 18.1. The van der Waals surface area contributed by atoms with Gasteiger partial charge in [0.15, 0.2) is 0 Å². The maximum Gasteiger partial charge on any atom is 0.250 e. The predicted octanol–water partition coefficient (Wildman–Crippen LogP) is 4.87. The summed E-state index contributed by atoms with van der Waals surface area (Å²) >= 11 is 4.45. The second-order valence-electron chi connectivity index (χ2n) is 6.30. The van der Waals surface area contributed by atoms with Gasteiger partial charge < -0.3 is 5.11 Å². The Morgan fingerprint density at radius 3 is 2.28 bits per heavy atom. The average molecular weight is 450 g/mol. The summed E-state index contributed by atoms with van der Waals surface area (Å²) in [5, 5.41) is 11.3. The molecule has 0 amide bonds. The Labute approximate surface area is 164 Å². The summed E-state index contributed by atoms with van der Waals surface area (Å²) in [7, 11) is -3.70. The number of hydrogen-bond donors (Lipinski definition) is 2. The van der Waals surface area contributed by atoms with E-state index in [9.17, 15) is 13.5 Å². The summed E-state index contributed by atoms with van der Waals surface area (Å²) in [6, 6.07) is 2.69. The van der Waals surface area contributed by atoms with Gasteiger partial charge in [-0.2, -0.15) is 0 Å². The SMILES string of the molecule is C=CCCC(O)(CCC=C)[C@@H](NS(=O)(=O)c1ccc(Br)s1)[C@@H](C)CC. The standard InChI is InChI=1S/C18H28BrNO3S2/c1-5-8-12-18(21,13-9-6-2)17(14(4)7-3)20-25(22,23)16-11-10-15(19)24-16/h5-6,10-11,14,17,20-21H,1-2,7-9,12-13H2,3-4H3/t14-,17-/m0/s1. The predicted molar refractivity (Wildman–Crippen MR) is 109 cm³/mol. The van der Waals surface area contributed by atoms with Crippen LogP contribution in [0.15, 0.2) is 45.4 Å². The first-order valence-corrected chi connectivity index (χ1v) is 11.5. The van der Waals surface area contributed by atoms with E-state index < -0.39 is 21.7 Å². The van der Waals surface area contributed by atoms with Crippen molar-refractivity contribution < 1.29 is 13.5 Å². The van der Waals surface area contributed by atoms with E-state index in [2.05, 4.69) is 33.8 Å². The molecule has 142 valence electrons. The van der Waals surface area contributed by atoms with Gasteiger partial charge in [0.1, 0.15) is 4.21 Å². The van der Waals surface area contributed by atoms with Crippen LogP contribution in [0.1, 0.15) is 46.0 Å². The second kappa shape index (κ2) is 10.0. The Morgan fingerprint density at radius 1 is 1.32 bits per heavy atom. The topological polar surface area (TPSA) is 66.4 Å². The summed E-state index contributed by atoms with van der Waals surface area (Å²) < 4.78 is 29.4. The van der Waals surface area contributed by atoms with Crippen molar-refractivity contribution in [1.82, 2.24) is 4.72 Å². The molecule has 4 nitrogen and oxygen atoms in total. The van der Waals surface area contributed by atoms with Gasteiger partial charge in [-0.25, -0.2) is 13.1 Å². The summed E-state index contributed by atoms with van der Waals surface area (Å²) in [6.45, 7) is 11.4. The lowest BCUT2D eigenvalue weighted by Gasteiger charge is -2.39. The lowest BCUT2D eigenvalue weighted by molar-refractivity contribution is -0.0225. The minimum Gasteiger partial charge on any atom is -0.388 e. The largest absolute Gasteiger partial charge is 0.388 e. The van der Waals surface area contributed by atoms with Crippen molar-refractivity contribution in [3.63, 3.8) is 0 Å². The van der Waals surface area contributed by atoms with E-state index >= 15 is 0 Å². The molecule has 0 aliphatic rings. The molecule has 2 atom stereocenters. The van der Waals surface area contributed by atoms with E-state index in [4.69, 9.17) is 0 Å². The van der Waals surface area contributed by atoms with E-state index in [1.165, 1.54) is 0 Å². The van der Waals surface area contributed by atoms with Gasteiger partial charge >= 0.3 is 0 Å². The molecule has 0 fully saturated rings. The maximum atomic E-state index is 12.8. The molecule has 7 heteroatoms. The van der Waals surface area contributed by atoms with E-state index in [0.717, 1.165) is 21.5 Å². The second-order valence-corrected chi connectivity index (χ2v) is 10.7. The fraction of sp³-hybridized carbons (Fsp3) is 0.556. The van der Waals surface area contributed by atoms with Gasteiger partial charge in [0, 0.05) is 0 Å². The highest BCUT2D eigenvalue weighted by atomic mass is 79.9. The average Bonchev–Trinajstić information content (AvgIpc) is 3.02. The number of rotatable bonds is 12. The van der Waals surface area contributed by atoms with E-state index in [0.29, 0.717) is 25.7 Å². The van der Waals surface area contributed by atoms with Crippen molar-refractivity contribution >= 4 is 37.3 Å². The first-order chi connectivity index (χ1) is 11.7. The first-order valence-electron chi connectivity index (χ1n) is 8.42. The summed E-state index contributed by atoms with van der Waals surface area (Å²) in [5.74, 6) is -0.0159. The van der Waals surface area contributed by atoms with Gasteiger partial charge in [0.2, 0.25) is 10.0 Å². The molecule has 1 aromatic rings. The van der Waals surface area contributed by atoms with Gasteiger partial charge in [-0.15, -0.1) is 24.5 Å². The van der Waals surface area contributed by atoms with Gasteiger partial charge in [-0.1, -0.05) is 32.4 Å². The highest BCUT2D eigenvalue weighted by Crippen LogP contribution is 2.32. The van der Waals surface area contributed by atoms with Crippen LogP contribution in [0.5, 0.6) is 0 Å².